The van der Waals surface area contributed by atoms with Gasteiger partial charge in [0.25, 0.3) is 5.91 Å². The van der Waals surface area contributed by atoms with Gasteiger partial charge in [-0.2, -0.15) is 0 Å². The van der Waals surface area contributed by atoms with Crippen LogP contribution in [0.3, 0.4) is 0 Å². The Morgan fingerprint density at radius 2 is 2.44 bits per heavy atom. The summed E-state index contributed by atoms with van der Waals surface area (Å²) in [6.45, 7) is 1.78. The molecule has 1 amide bonds. The third-order valence-electron chi connectivity index (χ3n) is 2.92. The van der Waals surface area contributed by atoms with E-state index in [4.69, 9.17) is 4.74 Å². The van der Waals surface area contributed by atoms with E-state index in [1.165, 1.54) is 12.1 Å². The number of nitrogens with zero attached hydrogens (tertiary/aromatic N) is 1. The molecular weight excluding hydrogens is 235 g/mol. The van der Waals surface area contributed by atoms with Gasteiger partial charge in [-0.05, 0) is 32.1 Å². The highest BCUT2D eigenvalue weighted by Gasteiger charge is 2.20. The van der Waals surface area contributed by atoms with Crippen LogP contribution in [0.2, 0.25) is 0 Å². The highest BCUT2D eigenvalue weighted by Crippen LogP contribution is 2.11. The van der Waals surface area contributed by atoms with Crippen LogP contribution < -0.4 is 10.1 Å². The van der Waals surface area contributed by atoms with Crippen molar-refractivity contribution in [2.75, 3.05) is 26.7 Å². The largest absolute Gasteiger partial charge is 0.484 e. The minimum Gasteiger partial charge on any atom is -0.484 e. The number of hydrogen-bond acceptors (Lipinski definition) is 3. The molecule has 1 heterocycles. The molecule has 5 heteroatoms. The van der Waals surface area contributed by atoms with Crippen LogP contribution in [0.4, 0.5) is 4.39 Å². The molecule has 1 saturated heterocycles. The van der Waals surface area contributed by atoms with Gasteiger partial charge in [0.05, 0.1) is 0 Å². The molecule has 1 aliphatic heterocycles. The normalized spacial score (nSPS) is 19.8. The molecule has 1 fully saturated rings. The van der Waals surface area contributed by atoms with E-state index >= 15 is 0 Å². The summed E-state index contributed by atoms with van der Waals surface area (Å²) >= 11 is 0. The summed E-state index contributed by atoms with van der Waals surface area (Å²) in [5.74, 6) is -0.168. The molecule has 0 bridgehead atoms. The maximum Gasteiger partial charge on any atom is 0.258 e. The summed E-state index contributed by atoms with van der Waals surface area (Å²) in [7, 11) is 2.02. The van der Waals surface area contributed by atoms with Crippen molar-refractivity contribution in [2.24, 2.45) is 0 Å². The molecule has 0 aliphatic carbocycles. The Morgan fingerprint density at radius 3 is 3.11 bits per heavy atom. The van der Waals surface area contributed by atoms with E-state index in [2.05, 4.69) is 10.2 Å². The number of likely N-dealkylation sites (N-methyl/N-ethyl adjacent to an activating group) is 1. The van der Waals surface area contributed by atoms with Gasteiger partial charge in [-0.25, -0.2) is 4.39 Å². The van der Waals surface area contributed by atoms with E-state index in [0.717, 1.165) is 19.5 Å². The van der Waals surface area contributed by atoms with E-state index in [1.807, 2.05) is 7.05 Å². The van der Waals surface area contributed by atoms with Crippen LogP contribution in [0.25, 0.3) is 0 Å². The zero-order chi connectivity index (χ0) is 13.0. The molecule has 0 radical (unpaired) electrons. The van der Waals surface area contributed by atoms with Crippen LogP contribution in [0.5, 0.6) is 5.75 Å². The SMILES string of the molecule is CN1CCC(NC(=O)COc2cccc(F)c2)C1. The van der Waals surface area contributed by atoms with Crippen molar-refractivity contribution in [1.82, 2.24) is 10.2 Å². The maximum absolute atomic E-state index is 12.9. The van der Waals surface area contributed by atoms with Crippen molar-refractivity contribution >= 4 is 5.91 Å². The number of ether oxygens (including phenoxy) is 1. The Labute approximate surface area is 106 Å². The highest BCUT2D eigenvalue weighted by molar-refractivity contribution is 5.77. The lowest BCUT2D eigenvalue weighted by Crippen LogP contribution is -2.39. The molecule has 18 heavy (non-hydrogen) atoms. The van der Waals surface area contributed by atoms with Crippen molar-refractivity contribution in [3.05, 3.63) is 30.1 Å². The van der Waals surface area contributed by atoms with Gasteiger partial charge in [0.1, 0.15) is 11.6 Å². The van der Waals surface area contributed by atoms with Gasteiger partial charge in [-0.3, -0.25) is 4.79 Å². The fraction of sp³-hybridized carbons (Fsp3) is 0.462. The van der Waals surface area contributed by atoms with Gasteiger partial charge < -0.3 is 15.0 Å². The topological polar surface area (TPSA) is 41.6 Å². The first kappa shape index (κ1) is 12.8. The van der Waals surface area contributed by atoms with E-state index in [9.17, 15) is 9.18 Å². The zero-order valence-corrected chi connectivity index (χ0v) is 10.4. The van der Waals surface area contributed by atoms with E-state index in [1.54, 1.807) is 12.1 Å². The number of benzene rings is 1. The first-order valence-electron chi connectivity index (χ1n) is 6.00. The summed E-state index contributed by atoms with van der Waals surface area (Å²) in [4.78, 5) is 13.8. The lowest BCUT2D eigenvalue weighted by atomic mass is 10.2. The molecule has 1 aliphatic rings. The smallest absolute Gasteiger partial charge is 0.258 e. The Bertz CT molecular complexity index is 425. The number of nitrogens with one attached hydrogen (secondary N) is 1. The van der Waals surface area contributed by atoms with E-state index < -0.39 is 0 Å². The number of rotatable bonds is 4. The monoisotopic (exact) mass is 252 g/mol. The van der Waals surface area contributed by atoms with Crippen LogP contribution >= 0.6 is 0 Å². The third-order valence-corrected chi connectivity index (χ3v) is 2.92. The first-order valence-corrected chi connectivity index (χ1v) is 6.00. The molecular formula is C13H17FN2O2. The summed E-state index contributed by atoms with van der Waals surface area (Å²) in [5.41, 5.74) is 0. The Morgan fingerprint density at radius 1 is 1.61 bits per heavy atom. The van der Waals surface area contributed by atoms with E-state index in [-0.39, 0.29) is 24.4 Å². The summed E-state index contributed by atoms with van der Waals surface area (Å²) in [6, 6.07) is 5.96. The molecule has 0 aromatic heterocycles. The lowest BCUT2D eigenvalue weighted by molar-refractivity contribution is -0.123. The third kappa shape index (κ3) is 3.70. The maximum atomic E-state index is 12.9. The Kier molecular flexibility index (Phi) is 4.15. The number of carbonyl (C=O) groups excluding carboxylic acids is 1. The van der Waals surface area contributed by atoms with E-state index in [0.29, 0.717) is 5.75 Å². The van der Waals surface area contributed by atoms with Crippen LogP contribution in [0.15, 0.2) is 24.3 Å². The molecule has 2 rings (SSSR count). The van der Waals surface area contributed by atoms with Crippen LogP contribution in [0.1, 0.15) is 6.42 Å². The second-order valence-corrected chi connectivity index (χ2v) is 4.56. The van der Waals surface area contributed by atoms with Gasteiger partial charge in [0.15, 0.2) is 6.61 Å². The average molecular weight is 252 g/mol. The molecule has 0 spiro atoms. The van der Waals surface area contributed by atoms with Crippen molar-refractivity contribution in [1.29, 1.82) is 0 Å². The van der Waals surface area contributed by atoms with Gasteiger partial charge >= 0.3 is 0 Å². The molecule has 1 aromatic rings. The number of carbonyl (C=O) groups is 1. The van der Waals surface area contributed by atoms with Gasteiger partial charge in [0.2, 0.25) is 0 Å². The first-order chi connectivity index (χ1) is 8.63. The second kappa shape index (κ2) is 5.82. The lowest BCUT2D eigenvalue weighted by Gasteiger charge is -2.13. The molecule has 0 saturated carbocycles. The highest BCUT2D eigenvalue weighted by atomic mass is 19.1. The van der Waals surface area contributed by atoms with Crippen molar-refractivity contribution < 1.29 is 13.9 Å². The van der Waals surface area contributed by atoms with Crippen molar-refractivity contribution in [3.63, 3.8) is 0 Å². The van der Waals surface area contributed by atoms with Crippen molar-refractivity contribution in [3.8, 4) is 5.75 Å². The summed E-state index contributed by atoms with van der Waals surface area (Å²) < 4.78 is 18.1. The van der Waals surface area contributed by atoms with Crippen LogP contribution in [0, 0.1) is 5.82 Å². The number of likely N-dealkylation sites (tertiary alicyclic amines) is 1. The number of amides is 1. The fourth-order valence-electron chi connectivity index (χ4n) is 2.03. The standard InChI is InChI=1S/C13H17FN2O2/c1-16-6-5-11(8-16)15-13(17)9-18-12-4-2-3-10(14)7-12/h2-4,7,11H,5-6,8-9H2,1H3,(H,15,17). The quantitative estimate of drug-likeness (QED) is 0.870. The van der Waals surface area contributed by atoms with Crippen molar-refractivity contribution in [2.45, 2.75) is 12.5 Å². The Hall–Kier alpha value is -1.62. The molecule has 1 unspecified atom stereocenters. The number of halogens is 1. The van der Waals surface area contributed by atoms with Gasteiger partial charge in [-0.15, -0.1) is 0 Å². The predicted octanol–water partition coefficient (Wildman–Crippen LogP) is 1.02. The summed E-state index contributed by atoms with van der Waals surface area (Å²) in [6.07, 6.45) is 0.961. The minimum absolute atomic E-state index is 0.0797. The summed E-state index contributed by atoms with van der Waals surface area (Å²) in [5, 5.41) is 2.89. The molecule has 1 N–H and O–H groups in total. The predicted molar refractivity (Wildman–Crippen MR) is 65.9 cm³/mol. The molecule has 4 nitrogen and oxygen atoms in total. The second-order valence-electron chi connectivity index (χ2n) is 4.56. The van der Waals surface area contributed by atoms with Gasteiger partial charge in [-0.1, -0.05) is 6.07 Å². The molecule has 1 aromatic carbocycles. The van der Waals surface area contributed by atoms with Crippen LogP contribution in [-0.2, 0) is 4.79 Å². The Balaban J connectivity index is 1.75. The fourth-order valence-corrected chi connectivity index (χ4v) is 2.03. The minimum atomic E-state index is -0.370. The molecule has 1 atom stereocenters. The molecule has 98 valence electrons. The number of hydrogen-bond donors (Lipinski definition) is 1. The van der Waals surface area contributed by atoms with Gasteiger partial charge in [0, 0.05) is 18.7 Å². The zero-order valence-electron chi connectivity index (χ0n) is 10.4. The average Bonchev–Trinajstić information content (AvgIpc) is 2.72. The van der Waals surface area contributed by atoms with Crippen LogP contribution in [-0.4, -0.2) is 43.6 Å².